The van der Waals surface area contributed by atoms with E-state index in [0.717, 1.165) is 57.8 Å². The average Bonchev–Trinajstić information content (AvgIpc) is 3.24. The van der Waals surface area contributed by atoms with E-state index in [-0.39, 0.29) is 6.04 Å². The number of hydrogen-bond donors (Lipinski definition) is 0. The molecule has 7 heteroatoms. The number of rotatable bonds is 4. The second-order valence-corrected chi connectivity index (χ2v) is 8.41. The van der Waals surface area contributed by atoms with Gasteiger partial charge in [-0.15, -0.1) is 0 Å². The lowest BCUT2D eigenvalue weighted by molar-refractivity contribution is 0.481. The van der Waals surface area contributed by atoms with Crippen LogP contribution in [0.4, 0.5) is 5.13 Å². The Morgan fingerprint density at radius 1 is 1.40 bits per heavy atom. The SMILES string of the molecule is Cc1nn(CC(C)C)c(Cl)c1C1CCCN1c1nc2ncccc2s1. The largest absolute Gasteiger partial charge is 0.341 e. The summed E-state index contributed by atoms with van der Waals surface area (Å²) in [5.74, 6) is 0.514. The normalized spacial score (nSPS) is 18.0. The van der Waals surface area contributed by atoms with Gasteiger partial charge in [-0.1, -0.05) is 36.8 Å². The Hall–Kier alpha value is -1.66. The Balaban J connectivity index is 1.71. The average molecular weight is 376 g/mol. The van der Waals surface area contributed by atoms with Crippen LogP contribution in [0.25, 0.3) is 10.3 Å². The number of fused-ring (bicyclic) bond motifs is 1. The summed E-state index contributed by atoms with van der Waals surface area (Å²) in [7, 11) is 0. The molecule has 0 bridgehead atoms. The molecule has 1 unspecified atom stereocenters. The number of aromatic nitrogens is 4. The third-order valence-electron chi connectivity index (χ3n) is 4.63. The first-order valence-electron chi connectivity index (χ1n) is 8.75. The Morgan fingerprint density at radius 3 is 3.00 bits per heavy atom. The molecule has 132 valence electrons. The van der Waals surface area contributed by atoms with Crippen molar-refractivity contribution in [1.82, 2.24) is 19.7 Å². The summed E-state index contributed by atoms with van der Waals surface area (Å²) in [6.45, 7) is 8.27. The van der Waals surface area contributed by atoms with Crippen molar-refractivity contribution in [1.29, 1.82) is 0 Å². The summed E-state index contributed by atoms with van der Waals surface area (Å²) >= 11 is 8.43. The van der Waals surface area contributed by atoms with Crippen LogP contribution in [0.5, 0.6) is 0 Å². The van der Waals surface area contributed by atoms with Gasteiger partial charge in [-0.05, 0) is 37.8 Å². The molecule has 0 aromatic carbocycles. The highest BCUT2D eigenvalue weighted by molar-refractivity contribution is 7.22. The molecule has 0 spiro atoms. The van der Waals surface area contributed by atoms with Gasteiger partial charge in [-0.25, -0.2) is 4.98 Å². The third kappa shape index (κ3) is 3.02. The fourth-order valence-corrected chi connectivity index (χ4v) is 4.96. The predicted octanol–water partition coefficient (Wildman–Crippen LogP) is 4.85. The number of thiazole rings is 1. The van der Waals surface area contributed by atoms with Crippen LogP contribution in [0.2, 0.25) is 5.15 Å². The maximum absolute atomic E-state index is 6.73. The minimum absolute atomic E-state index is 0.244. The van der Waals surface area contributed by atoms with E-state index in [9.17, 15) is 0 Å². The van der Waals surface area contributed by atoms with Gasteiger partial charge in [0, 0.05) is 24.8 Å². The van der Waals surface area contributed by atoms with Crippen molar-refractivity contribution in [3.8, 4) is 0 Å². The molecule has 3 aromatic heterocycles. The van der Waals surface area contributed by atoms with Crippen LogP contribution in [-0.2, 0) is 6.54 Å². The van der Waals surface area contributed by atoms with Gasteiger partial charge >= 0.3 is 0 Å². The highest BCUT2D eigenvalue weighted by atomic mass is 35.5. The van der Waals surface area contributed by atoms with E-state index in [1.54, 1.807) is 17.5 Å². The lowest BCUT2D eigenvalue weighted by Crippen LogP contribution is -2.23. The highest BCUT2D eigenvalue weighted by Crippen LogP contribution is 2.42. The lowest BCUT2D eigenvalue weighted by atomic mass is 10.1. The molecule has 0 amide bonds. The fraction of sp³-hybridized carbons (Fsp3) is 0.500. The van der Waals surface area contributed by atoms with Gasteiger partial charge in [-0.2, -0.15) is 10.1 Å². The Kier molecular flexibility index (Phi) is 4.41. The number of hydrogen-bond acceptors (Lipinski definition) is 5. The maximum atomic E-state index is 6.73. The van der Waals surface area contributed by atoms with Crippen LogP contribution in [0.1, 0.15) is 44.0 Å². The monoisotopic (exact) mass is 375 g/mol. The Labute approximate surface area is 156 Å². The van der Waals surface area contributed by atoms with Gasteiger partial charge in [0.05, 0.1) is 16.4 Å². The Bertz CT molecular complexity index is 867. The van der Waals surface area contributed by atoms with E-state index in [0.29, 0.717) is 5.92 Å². The minimum atomic E-state index is 0.244. The minimum Gasteiger partial charge on any atom is -0.341 e. The Morgan fingerprint density at radius 2 is 2.24 bits per heavy atom. The first-order valence-corrected chi connectivity index (χ1v) is 9.95. The summed E-state index contributed by atoms with van der Waals surface area (Å²) in [5.41, 5.74) is 3.01. The zero-order chi connectivity index (χ0) is 17.6. The number of halogens is 1. The molecule has 4 heterocycles. The zero-order valence-electron chi connectivity index (χ0n) is 14.7. The molecule has 4 rings (SSSR count). The molecular formula is C18H22ClN5S. The van der Waals surface area contributed by atoms with Gasteiger partial charge in [0.1, 0.15) is 5.15 Å². The van der Waals surface area contributed by atoms with Gasteiger partial charge in [-0.3, -0.25) is 4.68 Å². The number of nitrogens with zero attached hydrogens (tertiary/aromatic N) is 5. The topological polar surface area (TPSA) is 46.8 Å². The lowest BCUT2D eigenvalue weighted by Gasteiger charge is -2.24. The van der Waals surface area contributed by atoms with Gasteiger partial charge in [0.15, 0.2) is 10.8 Å². The molecule has 1 saturated heterocycles. The summed E-state index contributed by atoms with van der Waals surface area (Å²) < 4.78 is 3.08. The first-order chi connectivity index (χ1) is 12.0. The van der Waals surface area contributed by atoms with Crippen LogP contribution < -0.4 is 4.90 Å². The molecule has 1 fully saturated rings. The van der Waals surface area contributed by atoms with E-state index in [1.807, 2.05) is 10.7 Å². The van der Waals surface area contributed by atoms with E-state index >= 15 is 0 Å². The predicted molar refractivity (Wildman–Crippen MR) is 104 cm³/mol. The summed E-state index contributed by atoms with van der Waals surface area (Å²) in [5, 5.41) is 6.51. The zero-order valence-corrected chi connectivity index (χ0v) is 16.3. The quantitative estimate of drug-likeness (QED) is 0.654. The van der Waals surface area contributed by atoms with Crippen molar-refractivity contribution in [3.63, 3.8) is 0 Å². The van der Waals surface area contributed by atoms with Crippen molar-refractivity contribution >= 4 is 38.4 Å². The number of pyridine rings is 1. The summed E-state index contributed by atoms with van der Waals surface area (Å²) in [4.78, 5) is 11.5. The number of anilines is 1. The van der Waals surface area contributed by atoms with Gasteiger partial charge in [0.2, 0.25) is 0 Å². The second kappa shape index (κ2) is 6.57. The van der Waals surface area contributed by atoms with Crippen molar-refractivity contribution < 1.29 is 0 Å². The molecule has 1 aliphatic heterocycles. The van der Waals surface area contributed by atoms with E-state index in [4.69, 9.17) is 21.7 Å². The molecule has 1 aliphatic rings. The molecule has 1 atom stereocenters. The van der Waals surface area contributed by atoms with Gasteiger partial charge < -0.3 is 4.90 Å². The molecule has 0 radical (unpaired) electrons. The highest BCUT2D eigenvalue weighted by Gasteiger charge is 2.33. The molecule has 3 aromatic rings. The summed E-state index contributed by atoms with van der Waals surface area (Å²) in [6, 6.07) is 4.28. The molecule has 25 heavy (non-hydrogen) atoms. The number of aryl methyl sites for hydroxylation is 1. The standard InChI is InChI=1S/C18H22ClN5S/c1-11(2)10-24-16(19)15(12(3)22-24)13-6-5-9-23(13)18-21-17-14(25-18)7-4-8-20-17/h4,7-8,11,13H,5-6,9-10H2,1-3H3. The molecule has 0 N–H and O–H groups in total. The van der Waals surface area contributed by atoms with Crippen LogP contribution in [0.3, 0.4) is 0 Å². The van der Waals surface area contributed by atoms with Crippen LogP contribution in [0.15, 0.2) is 18.3 Å². The van der Waals surface area contributed by atoms with Crippen LogP contribution in [0, 0.1) is 12.8 Å². The van der Waals surface area contributed by atoms with Crippen molar-refractivity contribution in [2.45, 2.75) is 46.2 Å². The third-order valence-corrected chi connectivity index (χ3v) is 6.08. The van der Waals surface area contributed by atoms with E-state index < -0.39 is 0 Å². The molecule has 5 nitrogen and oxygen atoms in total. The smallest absolute Gasteiger partial charge is 0.188 e. The molecule has 0 saturated carbocycles. The van der Waals surface area contributed by atoms with Crippen LogP contribution >= 0.6 is 22.9 Å². The second-order valence-electron chi connectivity index (χ2n) is 7.04. The van der Waals surface area contributed by atoms with Crippen molar-refractivity contribution in [2.75, 3.05) is 11.4 Å². The molecule has 0 aliphatic carbocycles. The van der Waals surface area contributed by atoms with Crippen LogP contribution in [-0.4, -0.2) is 26.3 Å². The van der Waals surface area contributed by atoms with E-state index in [1.165, 1.54) is 0 Å². The first kappa shape index (κ1) is 16.8. The summed E-state index contributed by atoms with van der Waals surface area (Å²) in [6.07, 6.45) is 4.01. The fourth-order valence-electron chi connectivity index (χ4n) is 3.59. The van der Waals surface area contributed by atoms with E-state index in [2.05, 4.69) is 36.7 Å². The maximum Gasteiger partial charge on any atom is 0.188 e. The van der Waals surface area contributed by atoms with Crippen molar-refractivity contribution in [2.24, 2.45) is 5.92 Å². The van der Waals surface area contributed by atoms with Gasteiger partial charge in [0.25, 0.3) is 0 Å². The van der Waals surface area contributed by atoms with Crippen molar-refractivity contribution in [3.05, 3.63) is 34.7 Å². The molecular weight excluding hydrogens is 354 g/mol.